The summed E-state index contributed by atoms with van der Waals surface area (Å²) in [5.74, 6) is -6.77. The minimum Gasteiger partial charge on any atom is -0.465 e. The first-order valence-electron chi connectivity index (χ1n) is 22.8. The number of benzene rings is 2. The molecule has 3 atom stereocenters. The lowest BCUT2D eigenvalue weighted by molar-refractivity contribution is -0.00649. The van der Waals surface area contributed by atoms with Crippen molar-refractivity contribution < 1.29 is 53.1 Å². The van der Waals surface area contributed by atoms with Crippen molar-refractivity contribution in [1.82, 2.24) is 24.8 Å². The molecule has 0 saturated carbocycles. The summed E-state index contributed by atoms with van der Waals surface area (Å²) in [4.78, 5) is 34.2. The molecule has 0 radical (unpaired) electrons. The van der Waals surface area contributed by atoms with Crippen LogP contribution in [-0.2, 0) is 49.9 Å². The minimum atomic E-state index is -3.41. The van der Waals surface area contributed by atoms with Crippen molar-refractivity contribution in [3.05, 3.63) is 82.2 Å². The molecular weight excluding hydrogens is 967 g/mol. The van der Waals surface area contributed by atoms with Crippen molar-refractivity contribution in [2.24, 2.45) is 5.73 Å². The van der Waals surface area contributed by atoms with Crippen LogP contribution in [0.4, 0.5) is 43.0 Å². The van der Waals surface area contributed by atoms with Gasteiger partial charge < -0.3 is 20.6 Å². The van der Waals surface area contributed by atoms with E-state index in [0.717, 1.165) is 6.26 Å². The number of nitrogens with two attached hydrogens (primary N) is 1. The molecule has 2 aromatic heterocycles. The summed E-state index contributed by atoms with van der Waals surface area (Å²) in [6.07, 6.45) is 0.701. The highest BCUT2D eigenvalue weighted by Crippen LogP contribution is 2.47. The molecule has 1 amide bonds. The van der Waals surface area contributed by atoms with Gasteiger partial charge in [0.05, 0.1) is 46.3 Å². The molecule has 3 N–H and O–H groups in total. The molecule has 5 heterocycles. The van der Waals surface area contributed by atoms with E-state index in [2.05, 4.69) is 39.6 Å². The maximum absolute atomic E-state index is 14.7. The van der Waals surface area contributed by atoms with Crippen LogP contribution in [0.2, 0.25) is 25.7 Å². The Bertz CT molecular complexity index is 2830. The van der Waals surface area contributed by atoms with Crippen molar-refractivity contribution in [3.63, 3.8) is 0 Å². The molecule has 3 aliphatic heterocycles. The molecule has 0 bridgehead atoms. The SMILES string of the molecule is CS(=O)(=O)CC(N)c1ccc(-c2nc(N3CC[C@@H]3CF)nc3c2CCC3(F)F)cc1.C[Si](C)(C)CCN(C(=O)O)C1(c2ccc(-c3nc(N4CC[C@@H]4CF)nc4c3CCC4(F)F)cc2)CS(=O)(=O)C1. The smallest absolute Gasteiger partial charge is 0.408 e. The van der Waals surface area contributed by atoms with Gasteiger partial charge in [-0.15, -0.1) is 0 Å². The molecule has 4 aromatic rings. The van der Waals surface area contributed by atoms with Crippen molar-refractivity contribution in [3.8, 4) is 22.5 Å². The molecular formula is C46H56F6N8O6S2Si. The van der Waals surface area contributed by atoms with E-state index in [1.54, 1.807) is 58.3 Å². The Kier molecular flexibility index (Phi) is 13.5. The Hall–Kier alpha value is -4.87. The Morgan fingerprint density at radius 1 is 0.812 bits per heavy atom. The number of rotatable bonds is 14. The van der Waals surface area contributed by atoms with E-state index in [4.69, 9.17) is 5.73 Å². The number of carbonyl (C=O) groups is 1. The van der Waals surface area contributed by atoms with Crippen molar-refractivity contribution in [2.75, 3.05) is 66.3 Å². The quantitative estimate of drug-likeness (QED) is 0.0936. The number of amides is 1. The van der Waals surface area contributed by atoms with Crippen LogP contribution in [0.15, 0.2) is 48.5 Å². The fourth-order valence-corrected chi connectivity index (χ4v) is 13.4. The van der Waals surface area contributed by atoms with Crippen LogP contribution in [0, 0.1) is 0 Å². The Morgan fingerprint density at radius 3 is 1.62 bits per heavy atom. The summed E-state index contributed by atoms with van der Waals surface area (Å²) < 4.78 is 133. The lowest BCUT2D eigenvalue weighted by Crippen LogP contribution is -2.64. The number of hydrogen-bond acceptors (Lipinski definition) is 12. The zero-order chi connectivity index (χ0) is 50.1. The fraction of sp³-hybridized carbons (Fsp3) is 0.543. The molecule has 69 heavy (non-hydrogen) atoms. The van der Waals surface area contributed by atoms with Gasteiger partial charge in [0.2, 0.25) is 11.9 Å². The third-order valence-electron chi connectivity index (χ3n) is 13.8. The molecule has 0 spiro atoms. The van der Waals surface area contributed by atoms with Crippen LogP contribution in [0.3, 0.4) is 0 Å². The van der Waals surface area contributed by atoms with Gasteiger partial charge in [-0.3, -0.25) is 4.90 Å². The summed E-state index contributed by atoms with van der Waals surface area (Å²) in [7, 11) is -8.27. The molecule has 1 unspecified atom stereocenters. The monoisotopic (exact) mass is 1020 g/mol. The number of anilines is 2. The van der Waals surface area contributed by atoms with Gasteiger partial charge >= 0.3 is 6.09 Å². The Morgan fingerprint density at radius 2 is 1.26 bits per heavy atom. The minimum absolute atomic E-state index is 0.0771. The number of fused-ring (bicyclic) bond motifs is 2. The summed E-state index contributed by atoms with van der Waals surface area (Å²) in [5.41, 5.74) is 7.94. The lowest BCUT2D eigenvalue weighted by Gasteiger charge is -2.49. The van der Waals surface area contributed by atoms with Crippen LogP contribution >= 0.6 is 0 Å². The van der Waals surface area contributed by atoms with Crippen molar-refractivity contribution >= 4 is 45.7 Å². The number of halogens is 6. The van der Waals surface area contributed by atoms with Crippen LogP contribution in [0.1, 0.15) is 65.4 Å². The van der Waals surface area contributed by atoms with Gasteiger partial charge in [-0.2, -0.15) is 17.6 Å². The Balaban J connectivity index is 0.000000192. The van der Waals surface area contributed by atoms with Gasteiger partial charge in [0, 0.05) is 75.1 Å². The van der Waals surface area contributed by atoms with Crippen LogP contribution in [-0.4, -0.2) is 130 Å². The number of nitrogens with zero attached hydrogens (tertiary/aromatic N) is 7. The van der Waals surface area contributed by atoms with Gasteiger partial charge in [0.1, 0.15) is 34.6 Å². The molecule has 2 aromatic carbocycles. The molecule has 3 saturated heterocycles. The van der Waals surface area contributed by atoms with E-state index < -0.39 is 76.7 Å². The van der Waals surface area contributed by atoms with Gasteiger partial charge in [0.25, 0.3) is 11.8 Å². The number of hydrogen-bond donors (Lipinski definition) is 2. The standard InChI is InChI=1S/C26H33F3N4O4SSi.C20H23F3N4O2S/c1-39(2,3)13-12-33(24(34)35)25(15-38(36,37)16-25)18-6-4-17(5-7-18)21-20-8-10-26(28,29)22(20)31-23(30-21)32-11-9-19(32)14-27;1-30(28,29)11-16(24)12-2-4-13(5-3-12)17-15-6-8-20(22,23)18(15)26-19(25-17)27-9-7-14(27)10-21/h4-7,19H,8-16H2,1-3H3,(H,34,35);2-5,14,16H,6-11,24H2,1H3/t19-;14-,16?/m11/s1. The maximum Gasteiger partial charge on any atom is 0.408 e. The van der Waals surface area contributed by atoms with E-state index in [1.165, 1.54) is 4.90 Å². The first kappa shape index (κ1) is 50.5. The van der Waals surface area contributed by atoms with Crippen LogP contribution in [0.5, 0.6) is 0 Å². The van der Waals surface area contributed by atoms with Crippen molar-refractivity contribution in [1.29, 1.82) is 0 Å². The summed E-state index contributed by atoms with van der Waals surface area (Å²) in [5, 5.41) is 10.1. The molecule has 23 heteroatoms. The molecule has 3 fully saturated rings. The zero-order valence-corrected chi connectivity index (χ0v) is 41.4. The second kappa shape index (κ2) is 18.4. The molecule has 14 nitrogen and oxygen atoms in total. The Labute approximate surface area is 398 Å². The van der Waals surface area contributed by atoms with Crippen molar-refractivity contribution in [2.45, 2.75) is 99.7 Å². The van der Waals surface area contributed by atoms with E-state index in [-0.39, 0.29) is 78.8 Å². The molecule has 9 rings (SSSR count). The van der Waals surface area contributed by atoms with E-state index >= 15 is 0 Å². The third kappa shape index (κ3) is 10.2. The van der Waals surface area contributed by atoms with E-state index in [0.29, 0.717) is 76.7 Å². The third-order valence-corrected chi connectivity index (χ3v) is 18.3. The van der Waals surface area contributed by atoms with Crippen LogP contribution in [0.25, 0.3) is 22.5 Å². The summed E-state index contributed by atoms with van der Waals surface area (Å²) >= 11 is 0. The summed E-state index contributed by atoms with van der Waals surface area (Å²) in [6.45, 7) is 6.41. The summed E-state index contributed by atoms with van der Waals surface area (Å²) in [6, 6.07) is 12.6. The fourth-order valence-electron chi connectivity index (χ4n) is 9.64. The highest BCUT2D eigenvalue weighted by molar-refractivity contribution is 7.93. The second-order valence-electron chi connectivity index (χ2n) is 20.1. The highest BCUT2D eigenvalue weighted by atomic mass is 32.2. The number of alkyl halides is 6. The largest absolute Gasteiger partial charge is 0.465 e. The second-order valence-corrected chi connectivity index (χ2v) is 30.0. The van der Waals surface area contributed by atoms with E-state index in [1.807, 2.05) is 0 Å². The molecule has 2 aliphatic carbocycles. The first-order chi connectivity index (χ1) is 32.2. The predicted molar refractivity (Wildman–Crippen MR) is 253 cm³/mol. The van der Waals surface area contributed by atoms with Gasteiger partial charge in [-0.25, -0.2) is 50.3 Å². The topological polar surface area (TPSA) is 193 Å². The van der Waals surface area contributed by atoms with E-state index in [9.17, 15) is 53.1 Å². The molecule has 5 aliphatic rings. The first-order valence-corrected chi connectivity index (χ1v) is 30.4. The number of carboxylic acid groups (broad SMARTS) is 1. The number of aromatic nitrogens is 4. The van der Waals surface area contributed by atoms with Crippen LogP contribution < -0.4 is 15.5 Å². The number of sulfone groups is 2. The van der Waals surface area contributed by atoms with Gasteiger partial charge in [-0.05, 0) is 42.9 Å². The van der Waals surface area contributed by atoms with Gasteiger partial charge in [-0.1, -0.05) is 68.2 Å². The average molecular weight is 1020 g/mol. The predicted octanol–water partition coefficient (Wildman–Crippen LogP) is 7.45. The normalized spacial score (nSPS) is 22.0. The zero-order valence-electron chi connectivity index (χ0n) is 38.7. The maximum atomic E-state index is 14.7. The van der Waals surface area contributed by atoms with Gasteiger partial charge in [0.15, 0.2) is 9.84 Å². The average Bonchev–Trinajstić information content (AvgIpc) is 3.71. The highest BCUT2D eigenvalue weighted by Gasteiger charge is 2.56. The molecule has 374 valence electrons. The lowest BCUT2D eigenvalue weighted by atomic mass is 9.89.